The molecule has 2 fully saturated rings. The van der Waals surface area contributed by atoms with Gasteiger partial charge in [-0.15, -0.1) is 0 Å². The van der Waals surface area contributed by atoms with Crippen molar-refractivity contribution >= 4 is 30.1 Å². The van der Waals surface area contributed by atoms with Gasteiger partial charge < -0.3 is 18.4 Å². The number of rotatable bonds is 3. The molecule has 0 aliphatic carbocycles. The second kappa shape index (κ2) is 4.84. The largest absolute Gasteiger partial charge is 0.614 e. The van der Waals surface area contributed by atoms with E-state index >= 15 is 0 Å². The summed E-state index contributed by atoms with van der Waals surface area (Å²) in [5, 5.41) is 0. The van der Waals surface area contributed by atoms with E-state index in [9.17, 15) is 14.4 Å². The standard InChI is InChI=1S/C14H16BNO6/c1-3-20-14(19)10-4-6-11(7-5-10)15-16(2,8-12(17)21-15)9-13(18)22-15/h4-7H,3,8-9H2,1-2H3. The predicted octanol–water partition coefficient (Wildman–Crippen LogP) is -0.431. The highest BCUT2D eigenvalue weighted by molar-refractivity contribution is 6.79. The average molecular weight is 305 g/mol. The maximum Gasteiger partial charge on any atom is 0.614 e. The Hall–Kier alpha value is -2.35. The zero-order valence-electron chi connectivity index (χ0n) is 12.4. The Morgan fingerprint density at radius 1 is 1.18 bits per heavy atom. The Morgan fingerprint density at radius 2 is 1.73 bits per heavy atom. The number of fused-ring (bicyclic) bond motifs is 1. The molecule has 0 saturated carbocycles. The Morgan fingerprint density at radius 3 is 2.23 bits per heavy atom. The molecular weight excluding hydrogens is 289 g/mol. The van der Waals surface area contributed by atoms with Crippen molar-refractivity contribution < 1.29 is 32.8 Å². The first-order chi connectivity index (χ1) is 10.4. The van der Waals surface area contributed by atoms with E-state index < -0.39 is 24.6 Å². The highest BCUT2D eigenvalue weighted by Crippen LogP contribution is 2.33. The van der Waals surface area contributed by atoms with Crippen molar-refractivity contribution in [2.75, 3.05) is 26.7 Å². The Balaban J connectivity index is 1.97. The van der Waals surface area contributed by atoms with Crippen molar-refractivity contribution in [1.82, 2.24) is 0 Å². The van der Waals surface area contributed by atoms with Crippen LogP contribution >= 0.6 is 0 Å². The van der Waals surface area contributed by atoms with Crippen LogP contribution < -0.4 is 5.46 Å². The number of carbonyl (C=O) groups excluding carboxylic acids is 3. The van der Waals surface area contributed by atoms with Crippen LogP contribution in [0.15, 0.2) is 24.3 Å². The highest BCUT2D eigenvalue weighted by atomic mass is 16.7. The molecule has 22 heavy (non-hydrogen) atoms. The molecule has 0 atom stereocenters. The van der Waals surface area contributed by atoms with Gasteiger partial charge in [-0.05, 0) is 6.92 Å². The van der Waals surface area contributed by atoms with Gasteiger partial charge in [0, 0.05) is 7.05 Å². The van der Waals surface area contributed by atoms with Crippen LogP contribution in [0.1, 0.15) is 17.3 Å². The van der Waals surface area contributed by atoms with Crippen LogP contribution in [0.25, 0.3) is 0 Å². The molecule has 2 heterocycles. The fraction of sp³-hybridized carbons (Fsp3) is 0.357. The summed E-state index contributed by atoms with van der Waals surface area (Å²) in [7, 11) is 1.76. The molecule has 116 valence electrons. The third-order valence-electron chi connectivity index (χ3n) is 4.23. The number of ether oxygens (including phenoxy) is 1. The van der Waals surface area contributed by atoms with Gasteiger partial charge in [-0.3, -0.25) is 9.59 Å². The molecule has 0 radical (unpaired) electrons. The van der Waals surface area contributed by atoms with Gasteiger partial charge in [0.15, 0.2) is 0 Å². The molecule has 0 aromatic heterocycles. The van der Waals surface area contributed by atoms with Gasteiger partial charge in [-0.1, -0.05) is 29.7 Å². The molecule has 2 aliphatic rings. The molecule has 7 nitrogen and oxygen atoms in total. The minimum Gasteiger partial charge on any atom is -0.596 e. The van der Waals surface area contributed by atoms with Gasteiger partial charge in [-0.2, -0.15) is 0 Å². The first-order valence-corrected chi connectivity index (χ1v) is 7.10. The number of hydrogen-bond acceptors (Lipinski definition) is 6. The molecular formula is C14H16BNO6. The summed E-state index contributed by atoms with van der Waals surface area (Å²) in [5.41, 5.74) is 0.966. The maximum atomic E-state index is 11.7. The molecule has 0 spiro atoms. The van der Waals surface area contributed by atoms with E-state index in [0.29, 0.717) is 17.6 Å². The summed E-state index contributed by atoms with van der Waals surface area (Å²) in [6.45, 7) is -0.0510. The summed E-state index contributed by atoms with van der Waals surface area (Å²) in [6, 6.07) is 6.43. The molecule has 8 heteroatoms. The van der Waals surface area contributed by atoms with E-state index in [1.807, 2.05) is 0 Å². The highest BCUT2D eigenvalue weighted by Gasteiger charge is 2.66. The summed E-state index contributed by atoms with van der Waals surface area (Å²) < 4.78 is 15.8. The summed E-state index contributed by atoms with van der Waals surface area (Å²) >= 11 is 0. The van der Waals surface area contributed by atoms with Crippen LogP contribution in [-0.4, -0.2) is 55.7 Å². The third-order valence-corrected chi connectivity index (χ3v) is 4.23. The molecule has 0 amide bonds. The fourth-order valence-corrected chi connectivity index (χ4v) is 3.17. The number of esters is 1. The number of hydrogen-bond donors (Lipinski definition) is 0. The van der Waals surface area contributed by atoms with Crippen molar-refractivity contribution in [3.63, 3.8) is 0 Å². The average Bonchev–Trinajstić information content (AvgIpc) is 2.83. The number of quaternary nitrogens is 1. The first kappa shape index (κ1) is 14.6. The molecule has 0 unspecified atom stereocenters. The van der Waals surface area contributed by atoms with Gasteiger partial charge in [0.2, 0.25) is 0 Å². The molecule has 2 aliphatic heterocycles. The molecule has 0 bridgehead atoms. The molecule has 1 aromatic carbocycles. The number of carbonyl (C=O) groups is 3. The van der Waals surface area contributed by atoms with E-state index in [1.54, 1.807) is 38.2 Å². The van der Waals surface area contributed by atoms with Gasteiger partial charge in [0.25, 0.3) is 0 Å². The van der Waals surface area contributed by atoms with Crippen LogP contribution in [-0.2, 0) is 23.6 Å². The van der Waals surface area contributed by atoms with Crippen LogP contribution in [0.2, 0.25) is 0 Å². The van der Waals surface area contributed by atoms with Gasteiger partial charge in [0.1, 0.15) is 13.1 Å². The topological polar surface area (TPSA) is 78.9 Å². The normalized spacial score (nSPS) is 29.7. The van der Waals surface area contributed by atoms with E-state index in [4.69, 9.17) is 14.0 Å². The lowest BCUT2D eigenvalue weighted by molar-refractivity contribution is -0.791. The quantitative estimate of drug-likeness (QED) is 0.557. The minimum atomic E-state index is -2.25. The van der Waals surface area contributed by atoms with E-state index in [1.165, 1.54) is 0 Å². The second-order valence-electron chi connectivity index (χ2n) is 5.79. The number of likely N-dealkylation sites (N-methyl/N-ethyl adjacent to an activating group) is 1. The maximum absolute atomic E-state index is 11.7. The van der Waals surface area contributed by atoms with Crippen molar-refractivity contribution in [2.24, 2.45) is 0 Å². The van der Waals surface area contributed by atoms with E-state index in [0.717, 1.165) is 0 Å². The molecule has 3 rings (SSSR count). The molecule has 1 aromatic rings. The van der Waals surface area contributed by atoms with Gasteiger partial charge in [0.05, 0.1) is 12.2 Å². The lowest BCUT2D eigenvalue weighted by Crippen LogP contribution is -2.67. The van der Waals surface area contributed by atoms with Crippen molar-refractivity contribution in [3.05, 3.63) is 29.8 Å². The van der Waals surface area contributed by atoms with Gasteiger partial charge >= 0.3 is 24.6 Å². The van der Waals surface area contributed by atoms with Crippen LogP contribution in [0, 0.1) is 0 Å². The van der Waals surface area contributed by atoms with E-state index in [2.05, 4.69) is 0 Å². The second-order valence-corrected chi connectivity index (χ2v) is 5.79. The zero-order valence-corrected chi connectivity index (χ0v) is 12.4. The molecule has 2 saturated heterocycles. The Labute approximate surface area is 127 Å². The molecule has 0 N–H and O–H groups in total. The van der Waals surface area contributed by atoms with Gasteiger partial charge in [-0.25, -0.2) is 4.79 Å². The summed E-state index contributed by atoms with van der Waals surface area (Å²) in [5.74, 6) is -1.22. The first-order valence-electron chi connectivity index (χ1n) is 7.10. The summed E-state index contributed by atoms with van der Waals surface area (Å²) in [4.78, 5) is 35.1. The smallest absolute Gasteiger partial charge is 0.596 e. The monoisotopic (exact) mass is 305 g/mol. The number of benzene rings is 1. The SMILES string of the molecule is CCOC(=O)c1ccc([B-]23OC(=O)C[N+]2(C)CC(=O)O3)cc1. The fourth-order valence-electron chi connectivity index (χ4n) is 3.17. The minimum absolute atomic E-state index is 0.0798. The Kier molecular flexibility index (Phi) is 3.21. The third kappa shape index (κ3) is 1.99. The van der Waals surface area contributed by atoms with E-state index in [-0.39, 0.29) is 17.5 Å². The predicted molar refractivity (Wildman–Crippen MR) is 75.9 cm³/mol. The van der Waals surface area contributed by atoms with Crippen molar-refractivity contribution in [3.8, 4) is 0 Å². The lowest BCUT2D eigenvalue weighted by atomic mass is 9.61. The van der Waals surface area contributed by atoms with Crippen LogP contribution in [0.3, 0.4) is 0 Å². The summed E-state index contributed by atoms with van der Waals surface area (Å²) in [6.07, 6.45) is 0. The zero-order chi connectivity index (χ0) is 16.0. The van der Waals surface area contributed by atoms with Crippen molar-refractivity contribution in [1.29, 1.82) is 0 Å². The van der Waals surface area contributed by atoms with Crippen molar-refractivity contribution in [2.45, 2.75) is 6.92 Å². The van der Waals surface area contributed by atoms with Crippen LogP contribution in [0.5, 0.6) is 0 Å². The van der Waals surface area contributed by atoms with Crippen LogP contribution in [0.4, 0.5) is 0 Å². The lowest BCUT2D eigenvalue weighted by Gasteiger charge is -2.39. The Bertz CT molecular complexity index is 636. The number of nitrogens with zero attached hydrogens (tertiary/aromatic N) is 1.